The number of hydrogen-bond acceptors (Lipinski definition) is 10. The van der Waals surface area contributed by atoms with Crippen molar-refractivity contribution in [2.45, 2.75) is 52.8 Å². The van der Waals surface area contributed by atoms with Crippen LogP contribution in [0.5, 0.6) is 5.75 Å². The number of hydrogen-bond donors (Lipinski definition) is 1. The van der Waals surface area contributed by atoms with Crippen molar-refractivity contribution in [2.75, 3.05) is 24.3 Å². The number of thiophene rings is 1. The summed E-state index contributed by atoms with van der Waals surface area (Å²) in [5, 5.41) is 12.6. The van der Waals surface area contributed by atoms with Crippen LogP contribution in [0.1, 0.15) is 69.4 Å². The molecule has 210 valence electrons. The molecule has 13 heteroatoms. The second-order valence-electron chi connectivity index (χ2n) is 8.57. The first-order valence-electron chi connectivity index (χ1n) is 12.2. The zero-order valence-electron chi connectivity index (χ0n) is 22.8. The summed E-state index contributed by atoms with van der Waals surface area (Å²) in [5.41, 5.74) is 2.38. The summed E-state index contributed by atoms with van der Waals surface area (Å²) in [4.78, 5) is 38.0. The molecule has 0 aliphatic carbocycles. The van der Waals surface area contributed by atoms with Gasteiger partial charge in [-0.05, 0) is 70.4 Å². The van der Waals surface area contributed by atoms with E-state index in [1.165, 1.54) is 11.8 Å². The van der Waals surface area contributed by atoms with Gasteiger partial charge in [-0.3, -0.25) is 4.79 Å². The maximum atomic E-state index is 12.8. The molecular weight excluding hydrogens is 564 g/mol. The first-order chi connectivity index (χ1) is 18.5. The lowest BCUT2D eigenvalue weighted by Gasteiger charge is -2.16. The number of esters is 2. The third kappa shape index (κ3) is 7.11. The fourth-order valence-electron chi connectivity index (χ4n) is 3.77. The van der Waals surface area contributed by atoms with Crippen LogP contribution >= 0.6 is 34.7 Å². The fraction of sp³-hybridized carbons (Fsp3) is 0.423. The summed E-state index contributed by atoms with van der Waals surface area (Å²) < 4.78 is 18.1. The highest BCUT2D eigenvalue weighted by Crippen LogP contribution is 2.35. The standard InChI is InChI=1S/C26H31ClN4O6S2/c1-8-35-24(33)19-15(5)21(25(34)36-9-2)39-23(19)28-18(32)12-38-26-30-29-22(31(26)7)16(6)37-17-10-13(3)20(27)14(4)11-17/h10-11,16H,8-9,12H2,1-7H3,(H,28,32). The average molecular weight is 595 g/mol. The van der Waals surface area contributed by atoms with Crippen LogP contribution in [0.2, 0.25) is 5.02 Å². The van der Waals surface area contributed by atoms with Crippen molar-refractivity contribution >= 4 is 57.5 Å². The Kier molecular flexibility index (Phi) is 10.4. The monoisotopic (exact) mass is 594 g/mol. The van der Waals surface area contributed by atoms with Crippen molar-refractivity contribution in [3.05, 3.63) is 50.1 Å². The molecule has 0 radical (unpaired) electrons. The Bertz CT molecular complexity index is 1360. The van der Waals surface area contributed by atoms with Gasteiger partial charge in [-0.2, -0.15) is 0 Å². The molecule has 0 aliphatic rings. The number of nitrogens with one attached hydrogen (secondary N) is 1. The molecule has 0 aliphatic heterocycles. The lowest BCUT2D eigenvalue weighted by atomic mass is 10.1. The van der Waals surface area contributed by atoms with Crippen molar-refractivity contribution < 1.29 is 28.6 Å². The van der Waals surface area contributed by atoms with Crippen LogP contribution in [0.4, 0.5) is 5.00 Å². The molecule has 2 aromatic heterocycles. The van der Waals surface area contributed by atoms with E-state index < -0.39 is 18.0 Å². The SMILES string of the molecule is CCOC(=O)c1sc(NC(=O)CSc2nnc(C(C)Oc3cc(C)c(Cl)c(C)c3)n2C)c(C(=O)OCC)c1C. The zero-order chi connectivity index (χ0) is 28.9. The van der Waals surface area contributed by atoms with E-state index in [9.17, 15) is 14.4 Å². The highest BCUT2D eigenvalue weighted by molar-refractivity contribution is 7.99. The predicted octanol–water partition coefficient (Wildman–Crippen LogP) is 5.68. The van der Waals surface area contributed by atoms with Crippen molar-refractivity contribution in [2.24, 2.45) is 7.05 Å². The Morgan fingerprint density at radius 2 is 1.69 bits per heavy atom. The average Bonchev–Trinajstić information content (AvgIpc) is 3.40. The number of ether oxygens (including phenoxy) is 3. The summed E-state index contributed by atoms with van der Waals surface area (Å²) in [6.45, 7) is 11.0. The Balaban J connectivity index is 1.70. The summed E-state index contributed by atoms with van der Waals surface area (Å²) >= 11 is 8.41. The zero-order valence-corrected chi connectivity index (χ0v) is 25.2. The first-order valence-corrected chi connectivity index (χ1v) is 14.4. The highest BCUT2D eigenvalue weighted by Gasteiger charge is 2.27. The van der Waals surface area contributed by atoms with Crippen molar-refractivity contribution in [1.82, 2.24) is 14.8 Å². The van der Waals surface area contributed by atoms with E-state index in [4.69, 9.17) is 25.8 Å². The molecule has 1 amide bonds. The van der Waals surface area contributed by atoms with Gasteiger partial charge in [0, 0.05) is 12.1 Å². The van der Waals surface area contributed by atoms with Crippen LogP contribution in [0, 0.1) is 20.8 Å². The van der Waals surface area contributed by atoms with E-state index in [0.29, 0.717) is 27.3 Å². The van der Waals surface area contributed by atoms with Crippen LogP contribution in [-0.2, 0) is 21.3 Å². The van der Waals surface area contributed by atoms with Gasteiger partial charge in [-0.25, -0.2) is 9.59 Å². The molecule has 0 spiro atoms. The highest BCUT2D eigenvalue weighted by atomic mass is 35.5. The second-order valence-corrected chi connectivity index (χ2v) is 10.9. The summed E-state index contributed by atoms with van der Waals surface area (Å²) in [5.74, 6) is -0.326. The Morgan fingerprint density at radius 1 is 1.08 bits per heavy atom. The molecule has 0 bridgehead atoms. The molecule has 1 atom stereocenters. The number of halogens is 1. The van der Waals surface area contributed by atoms with E-state index in [2.05, 4.69) is 15.5 Å². The van der Waals surface area contributed by atoms with E-state index in [1.54, 1.807) is 32.4 Å². The third-order valence-corrected chi connectivity index (χ3v) is 8.43. The van der Waals surface area contributed by atoms with Gasteiger partial charge in [-0.15, -0.1) is 21.5 Å². The van der Waals surface area contributed by atoms with Gasteiger partial charge in [0.15, 0.2) is 17.1 Å². The number of carbonyl (C=O) groups excluding carboxylic acids is 3. The van der Waals surface area contributed by atoms with Gasteiger partial charge in [-0.1, -0.05) is 23.4 Å². The maximum absolute atomic E-state index is 12.8. The Morgan fingerprint density at radius 3 is 2.31 bits per heavy atom. The Labute approximate surface area is 240 Å². The van der Waals surface area contributed by atoms with E-state index in [1.807, 2.05) is 32.9 Å². The largest absolute Gasteiger partial charge is 0.483 e. The van der Waals surface area contributed by atoms with Gasteiger partial charge in [0.2, 0.25) is 5.91 Å². The van der Waals surface area contributed by atoms with Gasteiger partial charge in [0.25, 0.3) is 0 Å². The summed E-state index contributed by atoms with van der Waals surface area (Å²) in [7, 11) is 1.79. The predicted molar refractivity (Wildman–Crippen MR) is 151 cm³/mol. The smallest absolute Gasteiger partial charge is 0.348 e. The van der Waals surface area contributed by atoms with E-state index in [-0.39, 0.29) is 40.3 Å². The minimum atomic E-state index is -0.622. The first kappa shape index (κ1) is 30.5. The van der Waals surface area contributed by atoms with Gasteiger partial charge in [0.05, 0.1) is 24.5 Å². The number of benzene rings is 1. The molecule has 2 heterocycles. The van der Waals surface area contributed by atoms with Crippen molar-refractivity contribution in [3.63, 3.8) is 0 Å². The fourth-order valence-corrected chi connectivity index (χ4v) is 5.70. The number of nitrogens with zero attached hydrogens (tertiary/aromatic N) is 3. The molecule has 3 aromatic rings. The van der Waals surface area contributed by atoms with Crippen LogP contribution in [-0.4, -0.2) is 51.6 Å². The Hall–Kier alpha value is -3.09. The number of aryl methyl sites for hydroxylation is 2. The van der Waals surface area contributed by atoms with Crippen LogP contribution < -0.4 is 10.1 Å². The molecule has 1 aromatic carbocycles. The van der Waals surface area contributed by atoms with E-state index >= 15 is 0 Å². The molecular formula is C26H31ClN4O6S2. The van der Waals surface area contributed by atoms with Gasteiger partial charge >= 0.3 is 11.9 Å². The van der Waals surface area contributed by atoms with Crippen LogP contribution in [0.25, 0.3) is 0 Å². The molecule has 1 N–H and O–H groups in total. The summed E-state index contributed by atoms with van der Waals surface area (Å²) in [6, 6.07) is 3.73. The van der Waals surface area contributed by atoms with Gasteiger partial charge in [0.1, 0.15) is 15.6 Å². The molecule has 0 saturated heterocycles. The molecule has 3 rings (SSSR count). The maximum Gasteiger partial charge on any atom is 0.348 e. The minimum absolute atomic E-state index is 0.00919. The van der Waals surface area contributed by atoms with Crippen molar-refractivity contribution in [3.8, 4) is 5.75 Å². The quantitative estimate of drug-likeness (QED) is 0.221. The number of anilines is 1. The van der Waals surface area contributed by atoms with Gasteiger partial charge < -0.3 is 24.1 Å². The van der Waals surface area contributed by atoms with Crippen LogP contribution in [0.15, 0.2) is 17.3 Å². The number of amides is 1. The number of thioether (sulfide) groups is 1. The van der Waals surface area contributed by atoms with E-state index in [0.717, 1.165) is 22.5 Å². The normalized spacial score (nSPS) is 11.7. The summed E-state index contributed by atoms with van der Waals surface area (Å²) in [6.07, 6.45) is -0.409. The number of rotatable bonds is 11. The minimum Gasteiger partial charge on any atom is -0.483 e. The molecule has 10 nitrogen and oxygen atoms in total. The van der Waals surface area contributed by atoms with Crippen molar-refractivity contribution in [1.29, 1.82) is 0 Å². The topological polar surface area (TPSA) is 122 Å². The second kappa shape index (κ2) is 13.3. The third-order valence-electron chi connectivity index (χ3n) is 5.63. The lowest BCUT2D eigenvalue weighted by Crippen LogP contribution is -2.17. The molecule has 0 fully saturated rings. The van der Waals surface area contributed by atoms with Crippen LogP contribution in [0.3, 0.4) is 0 Å². The molecule has 0 saturated carbocycles. The molecule has 1 unspecified atom stereocenters. The number of aromatic nitrogens is 3. The number of carbonyl (C=O) groups is 3. The lowest BCUT2D eigenvalue weighted by molar-refractivity contribution is -0.113. The molecule has 39 heavy (non-hydrogen) atoms.